The molecule has 2 bridgehead atoms. The van der Waals surface area contributed by atoms with Crippen molar-refractivity contribution >= 4 is 29.2 Å². The lowest BCUT2D eigenvalue weighted by Gasteiger charge is -2.35. The minimum atomic E-state index is -0.157. The van der Waals surface area contributed by atoms with Crippen LogP contribution in [0.3, 0.4) is 0 Å². The minimum Gasteiger partial charge on any atom is -0.338 e. The Morgan fingerprint density at radius 3 is 2.91 bits per heavy atom. The van der Waals surface area contributed by atoms with Crippen LogP contribution in [0, 0.1) is 5.92 Å². The van der Waals surface area contributed by atoms with Crippen LogP contribution in [0.15, 0.2) is 24.3 Å². The van der Waals surface area contributed by atoms with Crippen LogP contribution in [0.4, 0.5) is 10.5 Å². The molecule has 2 unspecified atom stereocenters. The highest BCUT2D eigenvalue weighted by molar-refractivity contribution is 6.30. The molecule has 1 N–H and O–H groups in total. The summed E-state index contributed by atoms with van der Waals surface area (Å²) in [5.41, 5.74) is 0.677. The summed E-state index contributed by atoms with van der Waals surface area (Å²) >= 11 is 5.95. The first-order chi connectivity index (χ1) is 11.1. The van der Waals surface area contributed by atoms with Crippen molar-refractivity contribution in [3.8, 4) is 0 Å². The van der Waals surface area contributed by atoms with Gasteiger partial charge in [-0.1, -0.05) is 24.6 Å². The van der Waals surface area contributed by atoms with Gasteiger partial charge in [-0.2, -0.15) is 0 Å². The van der Waals surface area contributed by atoms with Gasteiger partial charge >= 0.3 is 6.03 Å². The van der Waals surface area contributed by atoms with Crippen LogP contribution < -0.4 is 5.32 Å². The Kier molecular flexibility index (Phi) is 4.76. The summed E-state index contributed by atoms with van der Waals surface area (Å²) in [4.78, 5) is 28.8. The van der Waals surface area contributed by atoms with E-state index < -0.39 is 0 Å². The van der Waals surface area contributed by atoms with Crippen LogP contribution >= 0.6 is 11.6 Å². The maximum atomic E-state index is 12.6. The molecule has 0 aromatic heterocycles. The van der Waals surface area contributed by atoms with Crippen molar-refractivity contribution in [3.05, 3.63) is 29.3 Å². The smallest absolute Gasteiger partial charge is 0.321 e. The number of nitrogens with zero attached hydrogens (tertiary/aromatic N) is 2. The van der Waals surface area contributed by atoms with Gasteiger partial charge in [0, 0.05) is 36.4 Å². The van der Waals surface area contributed by atoms with E-state index in [2.05, 4.69) is 12.2 Å². The van der Waals surface area contributed by atoms with E-state index in [0.29, 0.717) is 23.8 Å². The van der Waals surface area contributed by atoms with Gasteiger partial charge in [0.15, 0.2) is 0 Å². The number of hydrogen-bond donors (Lipinski definition) is 1. The first kappa shape index (κ1) is 16.1. The number of piperidine rings is 1. The van der Waals surface area contributed by atoms with Crippen LogP contribution in [-0.4, -0.2) is 47.4 Å². The number of urea groups is 1. The van der Waals surface area contributed by atoms with Crippen molar-refractivity contribution in [2.45, 2.75) is 32.2 Å². The predicted molar refractivity (Wildman–Crippen MR) is 90.6 cm³/mol. The Labute approximate surface area is 141 Å². The van der Waals surface area contributed by atoms with Crippen LogP contribution in [0.2, 0.25) is 5.02 Å². The van der Waals surface area contributed by atoms with Crippen molar-refractivity contribution in [2.75, 3.05) is 25.0 Å². The molecule has 0 radical (unpaired) electrons. The van der Waals surface area contributed by atoms with Gasteiger partial charge in [-0.05, 0) is 37.5 Å². The number of halogens is 1. The topological polar surface area (TPSA) is 52.7 Å². The molecule has 1 aromatic carbocycles. The Morgan fingerprint density at radius 1 is 1.35 bits per heavy atom. The molecule has 6 heteroatoms. The lowest BCUT2D eigenvalue weighted by molar-refractivity contribution is -0.139. The summed E-state index contributed by atoms with van der Waals surface area (Å²) < 4.78 is 0. The Hall–Kier alpha value is -1.75. The number of amides is 3. The van der Waals surface area contributed by atoms with Gasteiger partial charge in [0.25, 0.3) is 0 Å². The molecule has 1 aromatic rings. The van der Waals surface area contributed by atoms with Gasteiger partial charge in [-0.15, -0.1) is 0 Å². The fourth-order valence-corrected chi connectivity index (χ4v) is 3.70. The quantitative estimate of drug-likeness (QED) is 0.922. The summed E-state index contributed by atoms with van der Waals surface area (Å²) in [5, 5.41) is 3.47. The molecule has 3 heterocycles. The first-order valence-electron chi connectivity index (χ1n) is 8.20. The highest BCUT2D eigenvalue weighted by atomic mass is 35.5. The molecule has 3 aliphatic heterocycles. The van der Waals surface area contributed by atoms with Crippen molar-refractivity contribution < 1.29 is 9.59 Å². The number of rotatable bonds is 3. The number of hydrogen-bond acceptors (Lipinski definition) is 2. The van der Waals surface area contributed by atoms with Crippen molar-refractivity contribution in [2.24, 2.45) is 5.92 Å². The maximum Gasteiger partial charge on any atom is 0.321 e. The second kappa shape index (κ2) is 6.79. The van der Waals surface area contributed by atoms with E-state index in [1.807, 2.05) is 11.0 Å². The highest BCUT2D eigenvalue weighted by Gasteiger charge is 2.41. The second-order valence-corrected chi connectivity index (χ2v) is 6.74. The fraction of sp³-hybridized carbons (Fsp3) is 0.529. The molecule has 0 spiro atoms. The summed E-state index contributed by atoms with van der Waals surface area (Å²) in [7, 11) is 0. The van der Waals surface area contributed by atoms with E-state index in [0.717, 1.165) is 25.8 Å². The van der Waals surface area contributed by atoms with Gasteiger partial charge in [0.1, 0.15) is 0 Å². The summed E-state index contributed by atoms with van der Waals surface area (Å²) in [6.45, 7) is 3.97. The zero-order chi connectivity index (χ0) is 16.4. The lowest BCUT2D eigenvalue weighted by atomic mass is 9.94. The Bertz CT molecular complexity index is 607. The summed E-state index contributed by atoms with van der Waals surface area (Å²) in [6, 6.07) is 7.09. The molecule has 0 saturated carbocycles. The van der Waals surface area contributed by atoms with Gasteiger partial charge in [0.05, 0.1) is 5.92 Å². The van der Waals surface area contributed by atoms with Crippen molar-refractivity contribution in [3.63, 3.8) is 0 Å². The lowest BCUT2D eigenvalue weighted by Crippen LogP contribution is -2.48. The number of anilines is 1. The normalized spacial score (nSPS) is 23.8. The van der Waals surface area contributed by atoms with E-state index in [9.17, 15) is 9.59 Å². The standard InChI is InChI=1S/C17H22ClN3O2/c1-2-8-21-15-7-6-12(16(21)22)10-20(11-15)17(23)19-14-5-3-4-13(18)9-14/h3-5,9,12,15H,2,6-8,10-11H2,1H3,(H,19,23). The molecule has 3 saturated heterocycles. The molecule has 0 aliphatic carbocycles. The van der Waals surface area contributed by atoms with Crippen LogP contribution in [-0.2, 0) is 4.79 Å². The molecule has 5 nitrogen and oxygen atoms in total. The van der Waals surface area contributed by atoms with E-state index in [4.69, 9.17) is 11.6 Å². The Morgan fingerprint density at radius 2 is 2.17 bits per heavy atom. The SMILES string of the molecule is CCCN1C(=O)C2CCC1CN(C(=O)Nc1cccc(Cl)c1)C2. The molecule has 3 aliphatic rings. The molecule has 2 atom stereocenters. The van der Waals surface area contributed by atoms with Crippen LogP contribution in [0.1, 0.15) is 26.2 Å². The van der Waals surface area contributed by atoms with E-state index >= 15 is 0 Å². The average Bonchev–Trinajstić information content (AvgIpc) is 2.81. The van der Waals surface area contributed by atoms with Crippen LogP contribution in [0.25, 0.3) is 0 Å². The predicted octanol–water partition coefficient (Wildman–Crippen LogP) is 3.20. The molecule has 4 rings (SSSR count). The third kappa shape index (κ3) is 3.44. The Balaban J connectivity index is 1.71. The minimum absolute atomic E-state index is 0.0644. The molecule has 23 heavy (non-hydrogen) atoms. The highest BCUT2D eigenvalue weighted by Crippen LogP contribution is 2.29. The monoisotopic (exact) mass is 335 g/mol. The number of benzene rings is 1. The van der Waals surface area contributed by atoms with E-state index in [1.54, 1.807) is 23.1 Å². The third-order valence-electron chi connectivity index (χ3n) is 4.62. The summed E-state index contributed by atoms with van der Waals surface area (Å²) in [6.07, 6.45) is 2.81. The van der Waals surface area contributed by atoms with Crippen molar-refractivity contribution in [1.82, 2.24) is 9.80 Å². The zero-order valence-corrected chi connectivity index (χ0v) is 14.1. The zero-order valence-electron chi connectivity index (χ0n) is 13.3. The number of fused-ring (bicyclic) bond motifs is 4. The third-order valence-corrected chi connectivity index (χ3v) is 4.86. The number of nitrogens with one attached hydrogen (secondary N) is 1. The average molecular weight is 336 g/mol. The van der Waals surface area contributed by atoms with Gasteiger partial charge in [-0.3, -0.25) is 4.79 Å². The van der Waals surface area contributed by atoms with Gasteiger partial charge in [-0.25, -0.2) is 4.79 Å². The maximum absolute atomic E-state index is 12.6. The van der Waals surface area contributed by atoms with Gasteiger partial charge in [0.2, 0.25) is 5.91 Å². The first-order valence-corrected chi connectivity index (χ1v) is 8.58. The van der Waals surface area contributed by atoms with Crippen LogP contribution in [0.5, 0.6) is 0 Å². The molecular formula is C17H22ClN3O2. The van der Waals surface area contributed by atoms with Gasteiger partial charge < -0.3 is 15.1 Å². The second-order valence-electron chi connectivity index (χ2n) is 6.31. The fourth-order valence-electron chi connectivity index (χ4n) is 3.51. The van der Waals surface area contributed by atoms with E-state index in [1.165, 1.54) is 0 Å². The molecule has 124 valence electrons. The number of carbonyl (C=O) groups excluding carboxylic acids is 2. The molecular weight excluding hydrogens is 314 g/mol. The molecule has 3 amide bonds. The molecule has 3 fully saturated rings. The number of carbonyl (C=O) groups is 2. The summed E-state index contributed by atoms with van der Waals surface area (Å²) in [5.74, 6) is 0.145. The van der Waals surface area contributed by atoms with Crippen molar-refractivity contribution in [1.29, 1.82) is 0 Å². The van der Waals surface area contributed by atoms with E-state index in [-0.39, 0.29) is 23.9 Å². The largest absolute Gasteiger partial charge is 0.338 e.